The minimum absolute atomic E-state index is 0.0415. The van der Waals surface area contributed by atoms with E-state index in [0.717, 1.165) is 43.6 Å². The summed E-state index contributed by atoms with van der Waals surface area (Å²) in [4.78, 5) is 0. The third-order valence-corrected chi connectivity index (χ3v) is 5.26. The predicted molar refractivity (Wildman–Crippen MR) is 101 cm³/mol. The van der Waals surface area contributed by atoms with Crippen LogP contribution < -0.4 is 5.32 Å². The third-order valence-electron chi connectivity index (χ3n) is 5.26. The van der Waals surface area contributed by atoms with Gasteiger partial charge in [-0.1, -0.05) is 60.7 Å². The van der Waals surface area contributed by atoms with E-state index < -0.39 is 0 Å². The maximum atomic E-state index is 9.99. The highest BCUT2D eigenvalue weighted by molar-refractivity contribution is 5.34. The van der Waals surface area contributed by atoms with E-state index in [0.29, 0.717) is 5.92 Å². The smallest absolute Gasteiger partial charge is 0.256 e. The van der Waals surface area contributed by atoms with Crippen LogP contribution in [0.25, 0.3) is 0 Å². The van der Waals surface area contributed by atoms with Crippen LogP contribution in [0.1, 0.15) is 53.7 Å². The third kappa shape index (κ3) is 3.51. The van der Waals surface area contributed by atoms with Crippen LogP contribution in [-0.4, -0.2) is 16.8 Å². The first-order valence-electron chi connectivity index (χ1n) is 9.33. The van der Waals surface area contributed by atoms with Crippen LogP contribution in [0.3, 0.4) is 0 Å². The Morgan fingerprint density at radius 2 is 1.69 bits per heavy atom. The van der Waals surface area contributed by atoms with Crippen LogP contribution in [0, 0.1) is 0 Å². The van der Waals surface area contributed by atoms with Gasteiger partial charge >= 0.3 is 0 Å². The molecule has 0 radical (unpaired) electrons. The molecule has 0 fully saturated rings. The van der Waals surface area contributed by atoms with Gasteiger partial charge in [-0.15, -0.1) is 0 Å². The van der Waals surface area contributed by atoms with Gasteiger partial charge in [0, 0.05) is 18.4 Å². The molecule has 2 N–H and O–H groups in total. The van der Waals surface area contributed by atoms with Crippen molar-refractivity contribution in [3.8, 4) is 5.88 Å². The molecule has 1 aromatic heterocycles. The van der Waals surface area contributed by atoms with Crippen LogP contribution in [0.2, 0.25) is 0 Å². The number of rotatable bonds is 6. The van der Waals surface area contributed by atoms with E-state index >= 15 is 0 Å². The lowest BCUT2D eigenvalue weighted by Gasteiger charge is -2.24. The standard InChI is InChI=1S/C22H24N2O2/c25-22-21-19(12-7-13-20(21)26-24-22)23-15-14-18(16-8-3-1-4-9-16)17-10-5-2-6-11-17/h1-6,8-11,18-19,23H,7,12-15H2,(H,24,25). The Labute approximate surface area is 153 Å². The lowest BCUT2D eigenvalue weighted by Crippen LogP contribution is -2.26. The molecule has 0 saturated heterocycles. The van der Waals surface area contributed by atoms with Crippen LogP contribution in [0.5, 0.6) is 5.88 Å². The van der Waals surface area contributed by atoms with Crippen molar-refractivity contribution in [3.05, 3.63) is 83.1 Å². The van der Waals surface area contributed by atoms with Crippen molar-refractivity contribution in [2.75, 3.05) is 6.54 Å². The fraction of sp³-hybridized carbons (Fsp3) is 0.318. The van der Waals surface area contributed by atoms with Crippen LogP contribution >= 0.6 is 0 Å². The lowest BCUT2D eigenvalue weighted by atomic mass is 9.88. The van der Waals surface area contributed by atoms with Gasteiger partial charge in [-0.2, -0.15) is 0 Å². The number of aromatic nitrogens is 1. The summed E-state index contributed by atoms with van der Waals surface area (Å²) in [6.07, 6.45) is 3.91. The SMILES string of the molecule is Oc1noc2c1C(NCCC(c1ccccc1)c1ccccc1)CCC2. The minimum atomic E-state index is 0.0415. The Kier molecular flexibility index (Phi) is 5.02. The molecule has 0 bridgehead atoms. The number of nitrogens with one attached hydrogen (secondary N) is 1. The predicted octanol–water partition coefficient (Wildman–Crippen LogP) is 4.57. The van der Waals surface area contributed by atoms with Gasteiger partial charge in [0.2, 0.25) is 0 Å². The maximum absolute atomic E-state index is 9.99. The lowest BCUT2D eigenvalue weighted by molar-refractivity contribution is 0.336. The molecule has 2 aromatic carbocycles. The Hall–Kier alpha value is -2.59. The monoisotopic (exact) mass is 348 g/mol. The summed E-state index contributed by atoms with van der Waals surface area (Å²) in [5, 5.41) is 17.3. The van der Waals surface area contributed by atoms with Gasteiger partial charge in [-0.05, 0) is 42.1 Å². The number of aromatic hydroxyl groups is 1. The van der Waals surface area contributed by atoms with E-state index in [2.05, 4.69) is 71.1 Å². The van der Waals surface area contributed by atoms with Crippen molar-refractivity contribution in [2.45, 2.75) is 37.6 Å². The average Bonchev–Trinajstić information content (AvgIpc) is 3.08. The molecule has 4 nitrogen and oxygen atoms in total. The molecule has 1 aliphatic rings. The second-order valence-corrected chi connectivity index (χ2v) is 6.90. The second kappa shape index (κ2) is 7.75. The molecule has 1 unspecified atom stereocenters. The zero-order valence-corrected chi connectivity index (χ0v) is 14.8. The molecule has 134 valence electrons. The number of nitrogens with zero attached hydrogens (tertiary/aromatic N) is 1. The Bertz CT molecular complexity index is 790. The molecule has 1 atom stereocenters. The van der Waals surface area contributed by atoms with E-state index in [4.69, 9.17) is 4.52 Å². The van der Waals surface area contributed by atoms with Crippen LogP contribution in [0.4, 0.5) is 0 Å². The molecule has 4 heteroatoms. The highest BCUT2D eigenvalue weighted by Crippen LogP contribution is 2.36. The van der Waals surface area contributed by atoms with Crippen LogP contribution in [0.15, 0.2) is 65.2 Å². The quantitative estimate of drug-likeness (QED) is 0.685. The number of benzene rings is 2. The molecule has 0 saturated carbocycles. The Morgan fingerprint density at radius 1 is 1.04 bits per heavy atom. The molecule has 3 aromatic rings. The van der Waals surface area contributed by atoms with Gasteiger partial charge in [0.25, 0.3) is 5.88 Å². The van der Waals surface area contributed by atoms with E-state index in [-0.39, 0.29) is 11.9 Å². The van der Waals surface area contributed by atoms with Crippen molar-refractivity contribution in [1.29, 1.82) is 0 Å². The molecule has 0 amide bonds. The fourth-order valence-corrected chi connectivity index (χ4v) is 3.97. The summed E-state index contributed by atoms with van der Waals surface area (Å²) >= 11 is 0. The first kappa shape index (κ1) is 16.9. The van der Waals surface area contributed by atoms with Crippen LogP contribution in [-0.2, 0) is 6.42 Å². The first-order valence-corrected chi connectivity index (χ1v) is 9.33. The second-order valence-electron chi connectivity index (χ2n) is 6.90. The van der Waals surface area contributed by atoms with E-state index in [9.17, 15) is 5.11 Å². The van der Waals surface area contributed by atoms with E-state index in [1.807, 2.05) is 0 Å². The first-order chi connectivity index (χ1) is 12.8. The summed E-state index contributed by atoms with van der Waals surface area (Å²) < 4.78 is 5.24. The van der Waals surface area contributed by atoms with Crippen molar-refractivity contribution >= 4 is 0 Å². The molecule has 0 aliphatic heterocycles. The normalized spacial score (nSPS) is 16.6. The highest BCUT2D eigenvalue weighted by atomic mass is 16.5. The van der Waals surface area contributed by atoms with Crippen molar-refractivity contribution < 1.29 is 9.63 Å². The Balaban J connectivity index is 1.47. The summed E-state index contributed by atoms with van der Waals surface area (Å²) in [6.45, 7) is 0.864. The number of fused-ring (bicyclic) bond motifs is 1. The van der Waals surface area contributed by atoms with E-state index in [1.165, 1.54) is 11.1 Å². The summed E-state index contributed by atoms with van der Waals surface area (Å²) in [6, 6.07) is 21.4. The summed E-state index contributed by atoms with van der Waals surface area (Å²) in [7, 11) is 0. The topological polar surface area (TPSA) is 58.3 Å². The van der Waals surface area contributed by atoms with Gasteiger partial charge in [0.1, 0.15) is 5.76 Å². The molecule has 26 heavy (non-hydrogen) atoms. The van der Waals surface area contributed by atoms with Gasteiger partial charge in [0.05, 0.1) is 5.56 Å². The van der Waals surface area contributed by atoms with Gasteiger partial charge in [0.15, 0.2) is 0 Å². The summed E-state index contributed by atoms with van der Waals surface area (Å²) in [5.74, 6) is 1.22. The van der Waals surface area contributed by atoms with Gasteiger partial charge < -0.3 is 14.9 Å². The van der Waals surface area contributed by atoms with Crippen molar-refractivity contribution in [3.63, 3.8) is 0 Å². The highest BCUT2D eigenvalue weighted by Gasteiger charge is 2.28. The van der Waals surface area contributed by atoms with E-state index in [1.54, 1.807) is 0 Å². The van der Waals surface area contributed by atoms with Crippen molar-refractivity contribution in [2.24, 2.45) is 0 Å². The Morgan fingerprint density at radius 3 is 2.35 bits per heavy atom. The molecule has 0 spiro atoms. The number of aryl methyl sites for hydroxylation is 1. The average molecular weight is 348 g/mol. The number of hydrogen-bond acceptors (Lipinski definition) is 4. The molecule has 4 rings (SSSR count). The largest absolute Gasteiger partial charge is 0.491 e. The molecule has 1 heterocycles. The maximum Gasteiger partial charge on any atom is 0.256 e. The molecular weight excluding hydrogens is 324 g/mol. The molecule has 1 aliphatic carbocycles. The zero-order valence-electron chi connectivity index (χ0n) is 14.8. The van der Waals surface area contributed by atoms with Gasteiger partial charge in [-0.25, -0.2) is 0 Å². The minimum Gasteiger partial charge on any atom is -0.491 e. The fourth-order valence-electron chi connectivity index (χ4n) is 3.97. The van der Waals surface area contributed by atoms with Crippen molar-refractivity contribution in [1.82, 2.24) is 10.5 Å². The summed E-state index contributed by atoms with van der Waals surface area (Å²) in [5.41, 5.74) is 3.52. The van der Waals surface area contributed by atoms with Gasteiger partial charge in [-0.3, -0.25) is 0 Å². The number of hydrogen-bond donors (Lipinski definition) is 2. The molecular formula is C22H24N2O2. The zero-order chi connectivity index (χ0) is 17.8.